The maximum absolute atomic E-state index is 12.0. The highest BCUT2D eigenvalue weighted by atomic mass is 32.1. The van der Waals surface area contributed by atoms with Gasteiger partial charge in [-0.25, -0.2) is 4.79 Å². The molecule has 18 heavy (non-hydrogen) atoms. The molecule has 0 aliphatic heterocycles. The lowest BCUT2D eigenvalue weighted by Gasteiger charge is -2.19. The van der Waals surface area contributed by atoms with E-state index in [-0.39, 0.29) is 11.0 Å². The summed E-state index contributed by atoms with van der Waals surface area (Å²) in [6.45, 7) is 7.59. The molecule has 0 fully saturated rings. The fourth-order valence-electron chi connectivity index (χ4n) is 1.56. The van der Waals surface area contributed by atoms with Crippen molar-refractivity contribution in [2.45, 2.75) is 39.8 Å². The molecule has 0 aromatic carbocycles. The lowest BCUT2D eigenvalue weighted by Crippen LogP contribution is -2.23. The Hall–Kier alpha value is -0.980. The van der Waals surface area contributed by atoms with E-state index in [1.807, 2.05) is 27.7 Å². The fourth-order valence-corrected chi connectivity index (χ4v) is 2.97. The average Bonchev–Trinajstić information content (AvgIpc) is 2.52. The van der Waals surface area contributed by atoms with Crippen LogP contribution in [0.5, 0.6) is 0 Å². The molecular weight excluding hydrogens is 268 g/mol. The van der Waals surface area contributed by atoms with Gasteiger partial charge in [0.15, 0.2) is 0 Å². The lowest BCUT2D eigenvalue weighted by atomic mass is 10.1. The SMILES string of the molecule is Cc1c(C(=O)OC(C)(C)C)sc(CN)c1C(N)=S. The number of carbonyl (C=O) groups is 1. The van der Waals surface area contributed by atoms with Crippen molar-refractivity contribution in [3.05, 3.63) is 20.9 Å². The standard InChI is InChI=1S/C12H18N2O2S2/c1-6-8(10(14)17)7(5-13)18-9(6)11(15)16-12(2,3)4/h5,13H2,1-4H3,(H2,14,17). The number of thiocarbonyl (C=S) groups is 1. The number of esters is 1. The topological polar surface area (TPSA) is 78.3 Å². The Kier molecular flexibility index (Phi) is 4.47. The molecule has 0 unspecified atom stereocenters. The number of rotatable bonds is 3. The second-order valence-corrected chi connectivity index (χ2v) is 6.47. The van der Waals surface area contributed by atoms with Crippen LogP contribution in [0.25, 0.3) is 0 Å². The molecule has 4 N–H and O–H groups in total. The molecule has 100 valence electrons. The third-order valence-electron chi connectivity index (χ3n) is 2.24. The summed E-state index contributed by atoms with van der Waals surface area (Å²) >= 11 is 6.29. The molecule has 0 spiro atoms. The van der Waals surface area contributed by atoms with E-state index in [2.05, 4.69) is 0 Å². The Bertz CT molecular complexity index is 487. The van der Waals surface area contributed by atoms with Crippen molar-refractivity contribution in [2.75, 3.05) is 0 Å². The molecule has 1 aromatic heterocycles. The van der Waals surface area contributed by atoms with Gasteiger partial charge in [-0.05, 0) is 33.3 Å². The van der Waals surface area contributed by atoms with E-state index in [4.69, 9.17) is 28.4 Å². The molecule has 6 heteroatoms. The van der Waals surface area contributed by atoms with Gasteiger partial charge in [0.2, 0.25) is 0 Å². The zero-order valence-corrected chi connectivity index (χ0v) is 12.6. The quantitative estimate of drug-likeness (QED) is 0.657. The number of nitrogens with two attached hydrogens (primary N) is 2. The molecule has 1 rings (SSSR count). The third-order valence-corrected chi connectivity index (χ3v) is 3.73. The van der Waals surface area contributed by atoms with E-state index in [0.717, 1.165) is 10.4 Å². The Labute approximate surface area is 116 Å². The van der Waals surface area contributed by atoms with Gasteiger partial charge >= 0.3 is 5.97 Å². The number of ether oxygens (including phenoxy) is 1. The van der Waals surface area contributed by atoms with Crippen LogP contribution >= 0.6 is 23.6 Å². The molecular formula is C12H18N2O2S2. The molecule has 1 heterocycles. The highest BCUT2D eigenvalue weighted by molar-refractivity contribution is 7.80. The van der Waals surface area contributed by atoms with Gasteiger partial charge in [-0.1, -0.05) is 12.2 Å². The smallest absolute Gasteiger partial charge is 0.349 e. The lowest BCUT2D eigenvalue weighted by molar-refractivity contribution is 0.00745. The summed E-state index contributed by atoms with van der Waals surface area (Å²) in [6.07, 6.45) is 0. The van der Waals surface area contributed by atoms with Crippen LogP contribution in [0.4, 0.5) is 0 Å². The highest BCUT2D eigenvalue weighted by Gasteiger charge is 2.25. The minimum Gasteiger partial charge on any atom is -0.456 e. The van der Waals surface area contributed by atoms with Crippen molar-refractivity contribution in [3.8, 4) is 0 Å². The van der Waals surface area contributed by atoms with E-state index < -0.39 is 5.60 Å². The van der Waals surface area contributed by atoms with Gasteiger partial charge < -0.3 is 16.2 Å². The zero-order valence-electron chi connectivity index (χ0n) is 11.0. The van der Waals surface area contributed by atoms with E-state index in [1.54, 1.807) is 0 Å². The Morgan fingerprint density at radius 1 is 1.44 bits per heavy atom. The number of hydrogen-bond acceptors (Lipinski definition) is 5. The molecule has 0 aliphatic carbocycles. The Balaban J connectivity index is 3.19. The molecule has 0 atom stereocenters. The van der Waals surface area contributed by atoms with Gasteiger partial charge in [0.25, 0.3) is 0 Å². The number of thiophene rings is 1. The predicted octanol–water partition coefficient (Wildman–Crippen LogP) is 2.10. The second-order valence-electron chi connectivity index (χ2n) is 4.92. The van der Waals surface area contributed by atoms with Gasteiger partial charge in [0, 0.05) is 17.0 Å². The summed E-state index contributed by atoms with van der Waals surface area (Å²) in [5, 5.41) is 0. The molecule has 0 aliphatic rings. The molecule has 1 aromatic rings. The summed E-state index contributed by atoms with van der Waals surface area (Å²) in [5.74, 6) is -0.359. The monoisotopic (exact) mass is 286 g/mol. The Morgan fingerprint density at radius 2 is 2.00 bits per heavy atom. The van der Waals surface area contributed by atoms with E-state index in [1.165, 1.54) is 11.3 Å². The number of carbonyl (C=O) groups excluding carboxylic acids is 1. The molecule has 0 bridgehead atoms. The first-order valence-corrected chi connectivity index (χ1v) is 6.75. The largest absolute Gasteiger partial charge is 0.456 e. The highest BCUT2D eigenvalue weighted by Crippen LogP contribution is 2.29. The van der Waals surface area contributed by atoms with Crippen LogP contribution in [0, 0.1) is 6.92 Å². The van der Waals surface area contributed by atoms with Crippen molar-refractivity contribution < 1.29 is 9.53 Å². The van der Waals surface area contributed by atoms with Crippen LogP contribution in [0.1, 0.15) is 46.4 Å². The van der Waals surface area contributed by atoms with Crippen LogP contribution in [-0.2, 0) is 11.3 Å². The normalized spacial score (nSPS) is 11.4. The summed E-state index contributed by atoms with van der Waals surface area (Å²) in [7, 11) is 0. The first-order chi connectivity index (χ1) is 8.17. The van der Waals surface area contributed by atoms with Crippen molar-refractivity contribution in [1.82, 2.24) is 0 Å². The van der Waals surface area contributed by atoms with Crippen molar-refractivity contribution >= 4 is 34.5 Å². The maximum atomic E-state index is 12.0. The molecule has 0 amide bonds. The summed E-state index contributed by atoms with van der Waals surface area (Å²) in [5.41, 5.74) is 12.2. The second kappa shape index (κ2) is 5.34. The van der Waals surface area contributed by atoms with E-state index in [9.17, 15) is 4.79 Å². The van der Waals surface area contributed by atoms with Crippen LogP contribution in [0.2, 0.25) is 0 Å². The summed E-state index contributed by atoms with van der Waals surface area (Å²) in [4.78, 5) is 13.7. The predicted molar refractivity (Wildman–Crippen MR) is 78.0 cm³/mol. The van der Waals surface area contributed by atoms with Crippen LogP contribution in [-0.4, -0.2) is 16.6 Å². The Morgan fingerprint density at radius 3 is 2.33 bits per heavy atom. The third kappa shape index (κ3) is 3.28. The zero-order chi connectivity index (χ0) is 14.1. The minimum atomic E-state index is -0.528. The van der Waals surface area contributed by atoms with E-state index >= 15 is 0 Å². The van der Waals surface area contributed by atoms with E-state index in [0.29, 0.717) is 17.0 Å². The first kappa shape index (κ1) is 15.1. The van der Waals surface area contributed by atoms with Crippen LogP contribution < -0.4 is 11.5 Å². The maximum Gasteiger partial charge on any atom is 0.349 e. The van der Waals surface area contributed by atoms with Gasteiger partial charge in [-0.2, -0.15) is 0 Å². The van der Waals surface area contributed by atoms with Gasteiger partial charge in [-0.15, -0.1) is 11.3 Å². The van der Waals surface area contributed by atoms with Gasteiger partial charge in [0.05, 0.1) is 0 Å². The van der Waals surface area contributed by atoms with Crippen molar-refractivity contribution in [2.24, 2.45) is 11.5 Å². The average molecular weight is 286 g/mol. The number of hydrogen-bond donors (Lipinski definition) is 2. The van der Waals surface area contributed by atoms with Crippen molar-refractivity contribution in [1.29, 1.82) is 0 Å². The summed E-state index contributed by atoms with van der Waals surface area (Å²) < 4.78 is 5.34. The van der Waals surface area contributed by atoms with Gasteiger partial charge in [-0.3, -0.25) is 0 Å². The minimum absolute atomic E-state index is 0.263. The molecule has 0 saturated carbocycles. The molecule has 0 saturated heterocycles. The fraction of sp³-hybridized carbons (Fsp3) is 0.500. The molecule has 4 nitrogen and oxygen atoms in total. The van der Waals surface area contributed by atoms with Gasteiger partial charge in [0.1, 0.15) is 15.5 Å². The molecule has 0 radical (unpaired) electrons. The van der Waals surface area contributed by atoms with Crippen molar-refractivity contribution in [3.63, 3.8) is 0 Å². The van der Waals surface area contributed by atoms with Crippen LogP contribution in [0.3, 0.4) is 0 Å². The summed E-state index contributed by atoms with van der Waals surface area (Å²) in [6, 6.07) is 0. The van der Waals surface area contributed by atoms with Crippen LogP contribution in [0.15, 0.2) is 0 Å². The first-order valence-electron chi connectivity index (χ1n) is 5.53.